The topological polar surface area (TPSA) is 82.1 Å². The minimum atomic E-state index is -0.630. The van der Waals surface area contributed by atoms with Crippen LogP contribution >= 0.6 is 0 Å². The fourth-order valence-electron chi connectivity index (χ4n) is 0.917. The zero-order valence-electron chi connectivity index (χ0n) is 10.6. The third kappa shape index (κ3) is 11.1. The Kier molecular flexibility index (Phi) is 11.1. The number of aliphatic hydroxyl groups is 1. The van der Waals surface area contributed by atoms with Gasteiger partial charge in [0.15, 0.2) is 0 Å². The summed E-state index contributed by atoms with van der Waals surface area (Å²) in [5, 5.41) is 8.41. The molecule has 0 aromatic rings. The molecule has 0 fully saturated rings. The van der Waals surface area contributed by atoms with Crippen molar-refractivity contribution in [2.24, 2.45) is 0 Å². The third-order valence-corrected chi connectivity index (χ3v) is 1.81. The van der Waals surface area contributed by atoms with Crippen molar-refractivity contribution in [3.63, 3.8) is 0 Å². The van der Waals surface area contributed by atoms with Crippen LogP contribution in [0.2, 0.25) is 0 Å². The van der Waals surface area contributed by atoms with E-state index in [4.69, 9.17) is 19.3 Å². The first kappa shape index (κ1) is 16.6. The maximum Gasteiger partial charge on any atom is 0.331 e. The predicted molar refractivity (Wildman–Crippen MR) is 63.9 cm³/mol. The van der Waals surface area contributed by atoms with Gasteiger partial charge in [0.05, 0.1) is 26.4 Å². The first-order chi connectivity index (χ1) is 8.70. The van der Waals surface area contributed by atoms with E-state index in [1.807, 2.05) is 6.92 Å². The largest absolute Gasteiger partial charge is 0.463 e. The van der Waals surface area contributed by atoms with Crippen LogP contribution in [0.3, 0.4) is 0 Å². The Bertz CT molecular complexity index is 261. The highest BCUT2D eigenvalue weighted by Gasteiger charge is 2.00. The summed E-state index contributed by atoms with van der Waals surface area (Å²) in [6.07, 6.45) is 3.78. The molecule has 0 amide bonds. The molecule has 1 N–H and O–H groups in total. The van der Waals surface area contributed by atoms with E-state index in [0.717, 1.165) is 25.0 Å². The average Bonchev–Trinajstić information content (AvgIpc) is 2.36. The molecule has 0 saturated carbocycles. The molecule has 0 aliphatic rings. The summed E-state index contributed by atoms with van der Waals surface area (Å²) in [6.45, 7) is 2.76. The van der Waals surface area contributed by atoms with Crippen molar-refractivity contribution in [3.05, 3.63) is 12.2 Å². The molecule has 0 aliphatic heterocycles. The summed E-state index contributed by atoms with van der Waals surface area (Å²) in [5.74, 6) is -1.19. The van der Waals surface area contributed by atoms with Gasteiger partial charge < -0.3 is 19.3 Å². The average molecular weight is 260 g/mol. The first-order valence-corrected chi connectivity index (χ1v) is 5.91. The van der Waals surface area contributed by atoms with E-state index in [1.165, 1.54) is 0 Å². The second-order valence-electron chi connectivity index (χ2n) is 3.36. The molecule has 0 rings (SSSR count). The van der Waals surface area contributed by atoms with Gasteiger partial charge in [-0.25, -0.2) is 9.59 Å². The Morgan fingerprint density at radius 1 is 1.00 bits per heavy atom. The normalized spacial score (nSPS) is 10.6. The third-order valence-electron chi connectivity index (χ3n) is 1.81. The van der Waals surface area contributed by atoms with Gasteiger partial charge in [-0.05, 0) is 6.42 Å². The van der Waals surface area contributed by atoms with Gasteiger partial charge in [-0.15, -0.1) is 0 Å². The number of carbonyl (C=O) groups is 2. The van der Waals surface area contributed by atoms with Crippen LogP contribution in [0.1, 0.15) is 19.8 Å². The number of hydrogen-bond donors (Lipinski definition) is 1. The predicted octanol–water partition coefficient (Wildman–Crippen LogP) is 0.438. The van der Waals surface area contributed by atoms with Crippen LogP contribution in [0.15, 0.2) is 12.2 Å². The number of rotatable bonds is 10. The Labute approximate surface area is 107 Å². The lowest BCUT2D eigenvalue weighted by atomic mass is 10.4. The van der Waals surface area contributed by atoms with Gasteiger partial charge in [0.1, 0.15) is 6.61 Å². The summed E-state index contributed by atoms with van der Waals surface area (Å²) in [7, 11) is 0. The highest BCUT2D eigenvalue weighted by Crippen LogP contribution is 1.90. The summed E-state index contributed by atoms with van der Waals surface area (Å²) >= 11 is 0. The second-order valence-corrected chi connectivity index (χ2v) is 3.36. The smallest absolute Gasteiger partial charge is 0.331 e. The number of carbonyl (C=O) groups excluding carboxylic acids is 2. The van der Waals surface area contributed by atoms with Crippen LogP contribution < -0.4 is 0 Å². The van der Waals surface area contributed by atoms with Crippen LogP contribution in [-0.4, -0.2) is 50.1 Å². The fourth-order valence-corrected chi connectivity index (χ4v) is 0.917. The van der Waals surface area contributed by atoms with Crippen molar-refractivity contribution in [2.75, 3.05) is 33.0 Å². The van der Waals surface area contributed by atoms with Gasteiger partial charge in [-0.2, -0.15) is 0 Å². The monoisotopic (exact) mass is 260 g/mol. The SMILES string of the molecule is CCCCOC(=O)/C=C/C(=O)OCCOCCO. The van der Waals surface area contributed by atoms with Crippen LogP contribution in [0.5, 0.6) is 0 Å². The minimum Gasteiger partial charge on any atom is -0.463 e. The summed E-state index contributed by atoms with van der Waals surface area (Å²) in [6, 6.07) is 0. The van der Waals surface area contributed by atoms with Crippen LogP contribution in [0.25, 0.3) is 0 Å². The molecule has 0 atom stereocenters. The number of hydrogen-bond acceptors (Lipinski definition) is 6. The van der Waals surface area contributed by atoms with Crippen molar-refractivity contribution in [2.45, 2.75) is 19.8 Å². The Morgan fingerprint density at radius 3 is 2.17 bits per heavy atom. The Hall–Kier alpha value is -1.40. The van der Waals surface area contributed by atoms with Crippen molar-refractivity contribution in [1.29, 1.82) is 0 Å². The molecular formula is C12H20O6. The zero-order valence-corrected chi connectivity index (χ0v) is 10.6. The molecule has 6 nitrogen and oxygen atoms in total. The summed E-state index contributed by atoms with van der Waals surface area (Å²) < 4.78 is 14.4. The van der Waals surface area contributed by atoms with Crippen molar-refractivity contribution < 1.29 is 28.9 Å². The molecule has 0 aromatic heterocycles. The van der Waals surface area contributed by atoms with Crippen molar-refractivity contribution >= 4 is 11.9 Å². The van der Waals surface area contributed by atoms with E-state index in [0.29, 0.717) is 6.61 Å². The molecule has 0 radical (unpaired) electrons. The molecule has 0 saturated heterocycles. The first-order valence-electron chi connectivity index (χ1n) is 5.91. The fraction of sp³-hybridized carbons (Fsp3) is 0.667. The lowest BCUT2D eigenvalue weighted by molar-refractivity contribution is -0.141. The van der Waals surface area contributed by atoms with Crippen molar-refractivity contribution in [1.82, 2.24) is 0 Å². The zero-order chi connectivity index (χ0) is 13.6. The second kappa shape index (κ2) is 12.1. The molecule has 6 heteroatoms. The van der Waals surface area contributed by atoms with E-state index >= 15 is 0 Å². The van der Waals surface area contributed by atoms with Gasteiger partial charge in [-0.1, -0.05) is 13.3 Å². The Balaban J connectivity index is 3.57. The van der Waals surface area contributed by atoms with E-state index in [-0.39, 0.29) is 26.4 Å². The molecule has 0 aromatic carbocycles. The van der Waals surface area contributed by atoms with E-state index < -0.39 is 11.9 Å². The Morgan fingerprint density at radius 2 is 1.61 bits per heavy atom. The number of ether oxygens (including phenoxy) is 3. The van der Waals surface area contributed by atoms with Crippen LogP contribution in [0, 0.1) is 0 Å². The van der Waals surface area contributed by atoms with Crippen LogP contribution in [0.4, 0.5) is 0 Å². The lowest BCUT2D eigenvalue weighted by Gasteiger charge is -2.02. The van der Waals surface area contributed by atoms with E-state index in [2.05, 4.69) is 0 Å². The quantitative estimate of drug-likeness (QED) is 0.348. The molecule has 0 bridgehead atoms. The van der Waals surface area contributed by atoms with Gasteiger partial charge in [0.2, 0.25) is 0 Å². The van der Waals surface area contributed by atoms with Gasteiger partial charge >= 0.3 is 11.9 Å². The minimum absolute atomic E-state index is 0.0720. The highest BCUT2D eigenvalue weighted by molar-refractivity contribution is 5.91. The molecule has 0 unspecified atom stereocenters. The molecule has 18 heavy (non-hydrogen) atoms. The van der Waals surface area contributed by atoms with Gasteiger partial charge in [0.25, 0.3) is 0 Å². The van der Waals surface area contributed by atoms with Gasteiger partial charge in [0, 0.05) is 12.2 Å². The number of esters is 2. The maximum absolute atomic E-state index is 11.1. The van der Waals surface area contributed by atoms with E-state index in [1.54, 1.807) is 0 Å². The number of aliphatic hydroxyl groups excluding tert-OH is 1. The molecule has 104 valence electrons. The van der Waals surface area contributed by atoms with E-state index in [9.17, 15) is 9.59 Å². The number of unbranched alkanes of at least 4 members (excludes halogenated alkanes) is 1. The molecule has 0 spiro atoms. The summed E-state index contributed by atoms with van der Waals surface area (Å²) in [5.41, 5.74) is 0. The lowest BCUT2D eigenvalue weighted by Crippen LogP contribution is -2.11. The van der Waals surface area contributed by atoms with Crippen molar-refractivity contribution in [3.8, 4) is 0 Å². The highest BCUT2D eigenvalue weighted by atomic mass is 16.6. The molecule has 0 heterocycles. The van der Waals surface area contributed by atoms with Crippen LogP contribution in [-0.2, 0) is 23.8 Å². The molecule has 0 aliphatic carbocycles. The standard InChI is InChI=1S/C12H20O6/c1-2-3-7-17-11(14)4-5-12(15)18-10-9-16-8-6-13/h4-5,13H,2-3,6-10H2,1H3/b5-4+. The summed E-state index contributed by atoms with van der Waals surface area (Å²) in [4.78, 5) is 22.2. The molecular weight excluding hydrogens is 240 g/mol. The maximum atomic E-state index is 11.1. The van der Waals surface area contributed by atoms with Gasteiger partial charge in [-0.3, -0.25) is 0 Å².